The normalized spacial score (nSPS) is 13.7. The van der Waals surface area contributed by atoms with Gasteiger partial charge in [0.15, 0.2) is 5.96 Å². The van der Waals surface area contributed by atoms with Crippen molar-refractivity contribution in [1.82, 2.24) is 16.0 Å². The van der Waals surface area contributed by atoms with E-state index in [0.717, 1.165) is 0 Å². The quantitative estimate of drug-likeness (QED) is 0.0520. The van der Waals surface area contributed by atoms with E-state index < -0.39 is 60.2 Å². The predicted octanol–water partition coefficient (Wildman–Crippen LogP) is -1.92. The minimum atomic E-state index is -1.74. The fourth-order valence-corrected chi connectivity index (χ4v) is 3.90. The monoisotopic (exact) mass is 583 g/mol. The molecule has 0 heterocycles. The van der Waals surface area contributed by atoms with Crippen molar-refractivity contribution in [2.45, 2.75) is 56.3 Å². The molecule has 222 valence electrons. The van der Waals surface area contributed by atoms with Crippen LogP contribution >= 0.6 is 11.8 Å². The number of hydrogen-bond donors (Lipinski definition) is 9. The van der Waals surface area contributed by atoms with Crippen molar-refractivity contribution < 1.29 is 39.3 Å². The van der Waals surface area contributed by atoms with Gasteiger partial charge in [-0.15, -0.1) is 0 Å². The van der Waals surface area contributed by atoms with Crippen molar-refractivity contribution in [2.75, 3.05) is 18.6 Å². The van der Waals surface area contributed by atoms with Gasteiger partial charge in [0.25, 0.3) is 0 Å². The van der Waals surface area contributed by atoms with Gasteiger partial charge in [-0.2, -0.15) is 11.8 Å². The minimum absolute atomic E-state index is 0.0318. The Kier molecular flexibility index (Phi) is 14.9. The Bertz CT molecular complexity index is 1050. The fourth-order valence-electron chi connectivity index (χ4n) is 3.43. The molecule has 0 saturated heterocycles. The molecule has 40 heavy (non-hydrogen) atoms. The molecule has 1 aromatic carbocycles. The lowest BCUT2D eigenvalue weighted by Crippen LogP contribution is -2.57. The van der Waals surface area contributed by atoms with E-state index in [1.807, 2.05) is 6.26 Å². The number of hydrogen-bond acceptors (Lipinski definition) is 9. The van der Waals surface area contributed by atoms with Crippen molar-refractivity contribution in [2.24, 2.45) is 22.2 Å². The summed E-state index contributed by atoms with van der Waals surface area (Å²) in [7, 11) is 0. The highest BCUT2D eigenvalue weighted by Crippen LogP contribution is 2.12. The molecule has 16 heteroatoms. The topological polar surface area (TPSA) is 273 Å². The number of nitrogens with two attached hydrogens (primary N) is 3. The van der Waals surface area contributed by atoms with Gasteiger partial charge in [-0.3, -0.25) is 24.2 Å². The number of nitrogens with zero attached hydrogens (tertiary/aromatic N) is 1. The van der Waals surface area contributed by atoms with Crippen molar-refractivity contribution >= 4 is 47.4 Å². The summed E-state index contributed by atoms with van der Waals surface area (Å²) in [6.45, 7) is 0.271. The summed E-state index contributed by atoms with van der Waals surface area (Å²) in [5.41, 5.74) is 17.0. The molecule has 1 aromatic rings. The summed E-state index contributed by atoms with van der Waals surface area (Å²) in [5, 5.41) is 35.1. The van der Waals surface area contributed by atoms with Crippen LogP contribution in [-0.4, -0.2) is 93.7 Å². The first kappa shape index (κ1) is 34.0. The zero-order valence-electron chi connectivity index (χ0n) is 22.0. The number of carbonyl (C=O) groups excluding carboxylic acids is 3. The molecule has 3 amide bonds. The third-order valence-corrected chi connectivity index (χ3v) is 6.19. The van der Waals surface area contributed by atoms with E-state index in [-0.39, 0.29) is 37.5 Å². The summed E-state index contributed by atoms with van der Waals surface area (Å²) in [4.78, 5) is 65.3. The molecular formula is C24H37N7O8S. The second-order valence-electron chi connectivity index (χ2n) is 8.83. The van der Waals surface area contributed by atoms with Crippen LogP contribution in [0.1, 0.15) is 31.2 Å². The van der Waals surface area contributed by atoms with E-state index in [1.54, 1.807) is 0 Å². The second kappa shape index (κ2) is 17.5. The van der Waals surface area contributed by atoms with Crippen LogP contribution in [0.25, 0.3) is 0 Å². The number of nitrogens with one attached hydrogen (secondary N) is 3. The molecular weight excluding hydrogens is 546 g/mol. The average Bonchev–Trinajstić information content (AvgIpc) is 2.88. The zero-order valence-corrected chi connectivity index (χ0v) is 22.9. The smallest absolute Gasteiger partial charge is 0.326 e. The Balaban J connectivity index is 3.07. The summed E-state index contributed by atoms with van der Waals surface area (Å²) in [6, 6.07) is 0.627. The Morgan fingerprint density at radius 3 is 2.02 bits per heavy atom. The van der Waals surface area contributed by atoms with E-state index in [1.165, 1.54) is 36.0 Å². The molecule has 0 aliphatic heterocycles. The first-order chi connectivity index (χ1) is 18.8. The van der Waals surface area contributed by atoms with Crippen molar-refractivity contribution in [3.63, 3.8) is 0 Å². The molecule has 0 bridgehead atoms. The van der Waals surface area contributed by atoms with Crippen LogP contribution in [0.3, 0.4) is 0 Å². The SMILES string of the molecule is CSCCC(NC(=O)C(N)CCCN=C(N)N)C(=O)NC(Cc1ccc(O)cc1)C(=O)NC(CC(=O)O)C(=O)O. The number of rotatable bonds is 18. The number of benzene rings is 1. The van der Waals surface area contributed by atoms with Gasteiger partial charge >= 0.3 is 11.9 Å². The molecule has 12 N–H and O–H groups in total. The molecule has 0 fully saturated rings. The predicted molar refractivity (Wildman–Crippen MR) is 148 cm³/mol. The minimum Gasteiger partial charge on any atom is -0.508 e. The van der Waals surface area contributed by atoms with Gasteiger partial charge in [-0.1, -0.05) is 12.1 Å². The van der Waals surface area contributed by atoms with Crippen molar-refractivity contribution in [3.05, 3.63) is 29.8 Å². The van der Waals surface area contributed by atoms with Crippen LogP contribution in [0.2, 0.25) is 0 Å². The molecule has 0 spiro atoms. The summed E-state index contributed by atoms with van der Waals surface area (Å²) in [5.74, 6) is -4.91. The summed E-state index contributed by atoms with van der Waals surface area (Å²) in [6.07, 6.45) is 1.67. The average molecular weight is 584 g/mol. The Morgan fingerprint density at radius 1 is 0.900 bits per heavy atom. The lowest BCUT2D eigenvalue weighted by atomic mass is 10.0. The number of phenolic OH excluding ortho intramolecular Hbond substituents is 1. The lowest BCUT2D eigenvalue weighted by molar-refractivity contribution is -0.147. The highest BCUT2D eigenvalue weighted by Gasteiger charge is 2.31. The van der Waals surface area contributed by atoms with E-state index >= 15 is 0 Å². The highest BCUT2D eigenvalue weighted by atomic mass is 32.2. The number of aliphatic carboxylic acids is 2. The Morgan fingerprint density at radius 2 is 1.48 bits per heavy atom. The van der Waals surface area contributed by atoms with Gasteiger partial charge in [-0.25, -0.2) is 4.79 Å². The maximum atomic E-state index is 13.2. The number of aromatic hydroxyl groups is 1. The van der Waals surface area contributed by atoms with E-state index in [9.17, 15) is 34.2 Å². The molecule has 0 saturated carbocycles. The van der Waals surface area contributed by atoms with Gasteiger partial charge in [0.05, 0.1) is 12.5 Å². The zero-order chi connectivity index (χ0) is 30.2. The second-order valence-corrected chi connectivity index (χ2v) is 9.81. The number of thioether (sulfide) groups is 1. The Hall–Kier alpha value is -4.05. The van der Waals surface area contributed by atoms with Crippen LogP contribution < -0.4 is 33.2 Å². The van der Waals surface area contributed by atoms with Gasteiger partial charge < -0.3 is 48.5 Å². The molecule has 4 atom stereocenters. The molecule has 15 nitrogen and oxygen atoms in total. The third-order valence-electron chi connectivity index (χ3n) is 5.55. The van der Waals surface area contributed by atoms with Crippen LogP contribution in [0.15, 0.2) is 29.3 Å². The lowest BCUT2D eigenvalue weighted by Gasteiger charge is -2.25. The highest BCUT2D eigenvalue weighted by molar-refractivity contribution is 7.98. The number of aliphatic imine (C=N–C) groups is 1. The van der Waals surface area contributed by atoms with Gasteiger partial charge in [0.1, 0.15) is 23.9 Å². The number of phenols is 1. The first-order valence-electron chi connectivity index (χ1n) is 12.3. The van der Waals surface area contributed by atoms with Crippen LogP contribution in [0.5, 0.6) is 5.75 Å². The molecule has 0 aliphatic rings. The van der Waals surface area contributed by atoms with E-state index in [0.29, 0.717) is 17.7 Å². The van der Waals surface area contributed by atoms with Crippen molar-refractivity contribution in [3.8, 4) is 5.75 Å². The molecule has 0 aliphatic carbocycles. The summed E-state index contributed by atoms with van der Waals surface area (Å²) < 4.78 is 0. The molecule has 0 aromatic heterocycles. The van der Waals surface area contributed by atoms with Gasteiger partial charge in [0, 0.05) is 13.0 Å². The van der Waals surface area contributed by atoms with Crippen molar-refractivity contribution in [1.29, 1.82) is 0 Å². The standard InChI is InChI=1S/C24H37N7O8S/c1-40-10-8-16(29-20(35)15(25)3-2-9-28-24(26)27)21(36)30-17(11-13-4-6-14(32)7-5-13)22(37)31-18(23(38)39)12-19(33)34/h4-7,15-18,32H,2-3,8-12,25H2,1H3,(H,29,35)(H,30,36)(H,31,37)(H,33,34)(H,38,39)(H4,26,27,28). The largest absolute Gasteiger partial charge is 0.508 e. The van der Waals surface area contributed by atoms with Gasteiger partial charge in [0.2, 0.25) is 17.7 Å². The van der Waals surface area contributed by atoms with Crippen LogP contribution in [0.4, 0.5) is 0 Å². The van der Waals surface area contributed by atoms with Crippen LogP contribution in [-0.2, 0) is 30.4 Å². The number of amides is 3. The number of carboxylic acids is 2. The maximum absolute atomic E-state index is 13.2. The van der Waals surface area contributed by atoms with Gasteiger partial charge in [-0.05, 0) is 49.0 Å². The summed E-state index contributed by atoms with van der Waals surface area (Å²) >= 11 is 1.42. The van der Waals surface area contributed by atoms with E-state index in [4.69, 9.17) is 22.3 Å². The number of guanidine groups is 1. The van der Waals surface area contributed by atoms with Crippen LogP contribution in [0, 0.1) is 0 Å². The van der Waals surface area contributed by atoms with E-state index in [2.05, 4.69) is 20.9 Å². The number of carboxylic acid groups (broad SMARTS) is 2. The molecule has 1 rings (SSSR count). The molecule has 4 unspecified atom stereocenters. The first-order valence-corrected chi connectivity index (χ1v) is 13.7. The number of carbonyl (C=O) groups is 5. The third kappa shape index (κ3) is 13.1. The Labute approximate surface area is 235 Å². The maximum Gasteiger partial charge on any atom is 0.326 e. The molecule has 0 radical (unpaired) electrons. The fraction of sp³-hybridized carbons (Fsp3) is 0.500.